The monoisotopic (exact) mass is 450 g/mol. The van der Waals surface area contributed by atoms with Crippen molar-refractivity contribution in [3.05, 3.63) is 81.8 Å². The molecule has 0 radical (unpaired) electrons. The Labute approximate surface area is 192 Å². The fourth-order valence-electron chi connectivity index (χ4n) is 4.00. The van der Waals surface area contributed by atoms with E-state index in [-0.39, 0.29) is 18.0 Å². The van der Waals surface area contributed by atoms with E-state index in [1.54, 1.807) is 17.5 Å². The highest BCUT2D eigenvalue weighted by Gasteiger charge is 2.40. The van der Waals surface area contributed by atoms with Gasteiger partial charge in [-0.05, 0) is 66.3 Å². The number of rotatable bonds is 7. The van der Waals surface area contributed by atoms with Gasteiger partial charge in [-0.2, -0.15) is 0 Å². The Morgan fingerprint density at radius 3 is 2.74 bits per heavy atom. The molecule has 0 saturated carbocycles. The fourth-order valence-corrected chi connectivity index (χ4v) is 5.41. The van der Waals surface area contributed by atoms with E-state index in [4.69, 9.17) is 12.2 Å². The molecule has 1 aliphatic rings. The molecule has 0 aliphatic carbocycles. The topological polar surface area (TPSA) is 57.3 Å². The number of carbonyl (C=O) groups is 1. The summed E-state index contributed by atoms with van der Waals surface area (Å²) < 4.78 is 0. The minimum Gasteiger partial charge on any atom is -0.352 e. The molecule has 160 valence electrons. The number of pyridine rings is 1. The second-order valence-electron chi connectivity index (χ2n) is 7.60. The summed E-state index contributed by atoms with van der Waals surface area (Å²) in [6.07, 6.45) is 3.04. The van der Waals surface area contributed by atoms with E-state index in [0.29, 0.717) is 18.1 Å². The number of hydrogen-bond donors (Lipinski definition) is 2. The van der Waals surface area contributed by atoms with Crippen molar-refractivity contribution in [1.29, 1.82) is 0 Å². The maximum absolute atomic E-state index is 12.7. The van der Waals surface area contributed by atoms with E-state index in [0.717, 1.165) is 23.4 Å². The number of thiocarbonyl (C=S) groups is 1. The third-order valence-electron chi connectivity index (χ3n) is 5.62. The minimum absolute atomic E-state index is 0.00774. The largest absolute Gasteiger partial charge is 0.352 e. The molecule has 0 unspecified atom stereocenters. The van der Waals surface area contributed by atoms with Crippen LogP contribution in [0.25, 0.3) is 0 Å². The number of benzene rings is 1. The summed E-state index contributed by atoms with van der Waals surface area (Å²) in [5.41, 5.74) is 4.20. The molecule has 3 aromatic rings. The highest BCUT2D eigenvalue weighted by atomic mass is 32.1. The van der Waals surface area contributed by atoms with Crippen LogP contribution >= 0.6 is 23.6 Å². The number of hydrogen-bond acceptors (Lipinski definition) is 4. The van der Waals surface area contributed by atoms with Gasteiger partial charge in [0.2, 0.25) is 5.91 Å². The van der Waals surface area contributed by atoms with E-state index in [9.17, 15) is 4.79 Å². The lowest BCUT2D eigenvalue weighted by atomic mass is 10.0. The van der Waals surface area contributed by atoms with Crippen LogP contribution in [-0.4, -0.2) is 27.4 Å². The Bertz CT molecular complexity index is 1070. The van der Waals surface area contributed by atoms with E-state index < -0.39 is 0 Å². The van der Waals surface area contributed by atoms with Crippen molar-refractivity contribution in [3.63, 3.8) is 0 Å². The van der Waals surface area contributed by atoms with E-state index in [1.807, 2.05) is 42.5 Å². The highest BCUT2D eigenvalue weighted by Crippen LogP contribution is 2.41. The first kappa shape index (κ1) is 21.5. The summed E-state index contributed by atoms with van der Waals surface area (Å²) >= 11 is 7.42. The summed E-state index contributed by atoms with van der Waals surface area (Å²) in [6, 6.07) is 16.0. The Hall–Kier alpha value is -2.77. The van der Waals surface area contributed by atoms with Crippen molar-refractivity contribution in [2.45, 2.75) is 38.8 Å². The van der Waals surface area contributed by atoms with Crippen LogP contribution in [0, 0.1) is 6.92 Å². The van der Waals surface area contributed by atoms with Gasteiger partial charge in [-0.3, -0.25) is 9.78 Å². The number of thiophene rings is 1. The first-order valence-corrected chi connectivity index (χ1v) is 11.8. The molecule has 2 atom stereocenters. The van der Waals surface area contributed by atoms with Crippen LogP contribution in [0.1, 0.15) is 47.1 Å². The van der Waals surface area contributed by atoms with Crippen LogP contribution in [0.15, 0.2) is 60.1 Å². The Kier molecular flexibility index (Phi) is 6.63. The van der Waals surface area contributed by atoms with Crippen molar-refractivity contribution in [2.75, 3.05) is 11.9 Å². The maximum Gasteiger partial charge on any atom is 0.226 e. The normalized spacial score (nSPS) is 18.1. The SMILES string of the molecule is CCc1ccccc1NC(=O)CCN1C(=S)N[C@@H](c2ccccn2)[C@H]1c1sccc1C. The first-order valence-electron chi connectivity index (χ1n) is 10.5. The molecule has 1 fully saturated rings. The van der Waals surface area contributed by atoms with Gasteiger partial charge in [0, 0.05) is 29.7 Å². The molecular formula is C24H26N4OS2. The summed E-state index contributed by atoms with van der Waals surface area (Å²) in [4.78, 5) is 20.7. The molecule has 0 bridgehead atoms. The molecule has 2 aromatic heterocycles. The molecule has 1 amide bonds. The van der Waals surface area contributed by atoms with Crippen molar-refractivity contribution >= 4 is 40.3 Å². The van der Waals surface area contributed by atoms with Gasteiger partial charge in [-0.15, -0.1) is 11.3 Å². The zero-order chi connectivity index (χ0) is 21.8. The number of aryl methyl sites for hydroxylation is 2. The van der Waals surface area contributed by atoms with E-state index in [1.165, 1.54) is 10.4 Å². The molecule has 1 aromatic carbocycles. The van der Waals surface area contributed by atoms with Gasteiger partial charge in [0.05, 0.1) is 17.8 Å². The first-order chi connectivity index (χ1) is 15.1. The molecule has 1 saturated heterocycles. The zero-order valence-electron chi connectivity index (χ0n) is 17.7. The van der Waals surface area contributed by atoms with Gasteiger partial charge in [-0.1, -0.05) is 31.2 Å². The smallest absolute Gasteiger partial charge is 0.226 e. The second kappa shape index (κ2) is 9.58. The molecule has 3 heterocycles. The van der Waals surface area contributed by atoms with Crippen LogP contribution in [-0.2, 0) is 11.2 Å². The fraction of sp³-hybridized carbons (Fsp3) is 0.292. The van der Waals surface area contributed by atoms with Crippen molar-refractivity contribution in [3.8, 4) is 0 Å². The van der Waals surface area contributed by atoms with Gasteiger partial charge in [0.15, 0.2) is 5.11 Å². The number of anilines is 1. The van der Waals surface area contributed by atoms with Gasteiger partial charge in [0.25, 0.3) is 0 Å². The zero-order valence-corrected chi connectivity index (χ0v) is 19.3. The molecule has 1 aliphatic heterocycles. The van der Waals surface area contributed by atoms with Crippen molar-refractivity contribution in [1.82, 2.24) is 15.2 Å². The summed E-state index contributed by atoms with van der Waals surface area (Å²) in [5, 5.41) is 9.28. The summed E-state index contributed by atoms with van der Waals surface area (Å²) in [7, 11) is 0. The number of nitrogens with one attached hydrogen (secondary N) is 2. The number of amides is 1. The third kappa shape index (κ3) is 4.62. The molecule has 4 rings (SSSR count). The molecule has 5 nitrogen and oxygen atoms in total. The Morgan fingerprint density at radius 1 is 1.23 bits per heavy atom. The van der Waals surface area contributed by atoms with Crippen LogP contribution < -0.4 is 10.6 Å². The molecule has 31 heavy (non-hydrogen) atoms. The Morgan fingerprint density at radius 2 is 2.03 bits per heavy atom. The van der Waals surface area contributed by atoms with Gasteiger partial charge >= 0.3 is 0 Å². The van der Waals surface area contributed by atoms with Gasteiger partial charge in [-0.25, -0.2) is 0 Å². The minimum atomic E-state index is -0.0464. The summed E-state index contributed by atoms with van der Waals surface area (Å²) in [5.74, 6) is -0.00774. The van der Waals surface area contributed by atoms with Crippen LogP contribution in [0.4, 0.5) is 5.69 Å². The van der Waals surface area contributed by atoms with Crippen LogP contribution in [0.2, 0.25) is 0 Å². The molecule has 2 N–H and O–H groups in total. The number of para-hydroxylation sites is 1. The number of aromatic nitrogens is 1. The lowest BCUT2D eigenvalue weighted by Gasteiger charge is -2.27. The van der Waals surface area contributed by atoms with Gasteiger partial charge in [0.1, 0.15) is 0 Å². The van der Waals surface area contributed by atoms with Crippen LogP contribution in [0.3, 0.4) is 0 Å². The molecular weight excluding hydrogens is 424 g/mol. The number of carbonyl (C=O) groups excluding carboxylic acids is 1. The predicted octanol–water partition coefficient (Wildman–Crippen LogP) is 5.02. The predicted molar refractivity (Wildman–Crippen MR) is 130 cm³/mol. The quantitative estimate of drug-likeness (QED) is 0.495. The molecule has 7 heteroatoms. The van der Waals surface area contributed by atoms with E-state index in [2.05, 4.69) is 45.8 Å². The Balaban J connectivity index is 1.53. The van der Waals surface area contributed by atoms with Gasteiger partial charge < -0.3 is 15.5 Å². The second-order valence-corrected chi connectivity index (χ2v) is 8.93. The average molecular weight is 451 g/mol. The number of nitrogens with zero attached hydrogens (tertiary/aromatic N) is 2. The van der Waals surface area contributed by atoms with Crippen molar-refractivity contribution in [2.24, 2.45) is 0 Å². The van der Waals surface area contributed by atoms with E-state index >= 15 is 0 Å². The average Bonchev–Trinajstić information content (AvgIpc) is 3.35. The highest BCUT2D eigenvalue weighted by molar-refractivity contribution is 7.80. The van der Waals surface area contributed by atoms with Crippen LogP contribution in [0.5, 0.6) is 0 Å². The third-order valence-corrected chi connectivity index (χ3v) is 7.06. The standard InChI is InChI=1S/C24H26N4OS2/c1-3-17-8-4-5-9-18(17)26-20(29)11-14-28-22(23-16(2)12-15-31-23)21(27-24(28)30)19-10-6-7-13-25-19/h4-10,12-13,15,21-22H,3,11,14H2,1-2H3,(H,26,29)(H,27,30)/t21-,22-/m0/s1. The summed E-state index contributed by atoms with van der Waals surface area (Å²) in [6.45, 7) is 4.75. The van der Waals surface area contributed by atoms with Crippen molar-refractivity contribution < 1.29 is 4.79 Å². The lowest BCUT2D eigenvalue weighted by Crippen LogP contribution is -2.32. The lowest BCUT2D eigenvalue weighted by molar-refractivity contribution is -0.116. The maximum atomic E-state index is 12.7. The molecule has 0 spiro atoms.